The summed E-state index contributed by atoms with van der Waals surface area (Å²) in [6.45, 7) is 4.46. The van der Waals surface area contributed by atoms with Crippen LogP contribution in [0, 0.1) is 5.92 Å². The van der Waals surface area contributed by atoms with Crippen LogP contribution >= 0.6 is 11.8 Å². The van der Waals surface area contributed by atoms with Crippen molar-refractivity contribution in [2.24, 2.45) is 5.92 Å². The van der Waals surface area contributed by atoms with Gasteiger partial charge < -0.3 is 14.5 Å². The molecule has 3 rings (SSSR count). The zero-order valence-corrected chi connectivity index (χ0v) is 17.3. The zero-order chi connectivity index (χ0) is 20.6. The maximum absolute atomic E-state index is 12.5. The van der Waals surface area contributed by atoms with Gasteiger partial charge in [-0.15, -0.1) is 0 Å². The molecule has 1 N–H and O–H groups in total. The van der Waals surface area contributed by atoms with Crippen molar-refractivity contribution in [3.05, 3.63) is 59.7 Å². The van der Waals surface area contributed by atoms with E-state index in [1.54, 1.807) is 12.1 Å². The molecule has 0 aliphatic carbocycles. The molecule has 3 aromatic rings. The lowest BCUT2D eigenvalue weighted by Crippen LogP contribution is -2.30. The third kappa shape index (κ3) is 6.09. The van der Waals surface area contributed by atoms with Gasteiger partial charge in [-0.1, -0.05) is 55.9 Å². The molecule has 6 nitrogen and oxygen atoms in total. The summed E-state index contributed by atoms with van der Waals surface area (Å²) in [7, 11) is 0. The van der Waals surface area contributed by atoms with Crippen LogP contribution in [0.1, 0.15) is 36.2 Å². The molecule has 0 spiro atoms. The first-order chi connectivity index (χ1) is 14.0. The molecule has 29 heavy (non-hydrogen) atoms. The molecule has 7 heteroatoms. The Kier molecular flexibility index (Phi) is 7.30. The standard InChI is InChI=1S/C22H24N2O4S/c1-15(2)11-12-23-20(25)13-27-21(26)17-8-4-3-7-16(17)14-29-22-24-18-9-5-6-10-19(18)28-22/h3-10,15H,11-14H2,1-2H3,(H,23,25). The smallest absolute Gasteiger partial charge is 0.338 e. The van der Waals surface area contributed by atoms with E-state index < -0.39 is 5.97 Å². The summed E-state index contributed by atoms with van der Waals surface area (Å²) in [6, 6.07) is 14.7. The fraction of sp³-hybridized carbons (Fsp3) is 0.318. The van der Waals surface area contributed by atoms with Crippen molar-refractivity contribution in [1.29, 1.82) is 0 Å². The molecular weight excluding hydrogens is 388 g/mol. The number of rotatable bonds is 9. The van der Waals surface area contributed by atoms with E-state index in [9.17, 15) is 9.59 Å². The number of para-hydroxylation sites is 2. The molecule has 1 aromatic heterocycles. The predicted molar refractivity (Wildman–Crippen MR) is 113 cm³/mol. The van der Waals surface area contributed by atoms with E-state index in [-0.39, 0.29) is 12.5 Å². The average Bonchev–Trinajstić information content (AvgIpc) is 3.13. The van der Waals surface area contributed by atoms with Crippen LogP contribution in [0.2, 0.25) is 0 Å². The highest BCUT2D eigenvalue weighted by Crippen LogP contribution is 2.27. The largest absolute Gasteiger partial charge is 0.452 e. The topological polar surface area (TPSA) is 81.4 Å². The normalized spacial score (nSPS) is 11.0. The quantitative estimate of drug-likeness (QED) is 0.413. The van der Waals surface area contributed by atoms with Crippen LogP contribution in [-0.2, 0) is 15.3 Å². The van der Waals surface area contributed by atoms with Gasteiger partial charge in [0.2, 0.25) is 0 Å². The second kappa shape index (κ2) is 10.1. The number of fused-ring (bicyclic) bond motifs is 1. The average molecular weight is 413 g/mol. The van der Waals surface area contributed by atoms with Gasteiger partial charge in [0.1, 0.15) is 5.52 Å². The molecule has 0 saturated carbocycles. The summed E-state index contributed by atoms with van der Waals surface area (Å²) in [4.78, 5) is 28.7. The number of aromatic nitrogens is 1. The van der Waals surface area contributed by atoms with Crippen molar-refractivity contribution in [1.82, 2.24) is 10.3 Å². The fourth-order valence-electron chi connectivity index (χ4n) is 2.66. The minimum absolute atomic E-state index is 0.288. The summed E-state index contributed by atoms with van der Waals surface area (Å²) < 4.78 is 10.9. The summed E-state index contributed by atoms with van der Waals surface area (Å²) in [5, 5.41) is 3.29. The number of carbonyl (C=O) groups excluding carboxylic acids is 2. The molecule has 0 aliphatic heterocycles. The SMILES string of the molecule is CC(C)CCNC(=O)COC(=O)c1ccccc1CSc1nc2ccccc2o1. The molecule has 0 fully saturated rings. The summed E-state index contributed by atoms with van der Waals surface area (Å²) >= 11 is 1.40. The number of thioether (sulfide) groups is 1. The van der Waals surface area contributed by atoms with Gasteiger partial charge >= 0.3 is 5.97 Å². The van der Waals surface area contributed by atoms with Gasteiger partial charge in [0.25, 0.3) is 11.1 Å². The Hall–Kier alpha value is -2.80. The highest BCUT2D eigenvalue weighted by Gasteiger charge is 2.15. The lowest BCUT2D eigenvalue weighted by molar-refractivity contribution is -0.124. The zero-order valence-electron chi connectivity index (χ0n) is 16.5. The van der Waals surface area contributed by atoms with Gasteiger partial charge in [-0.25, -0.2) is 9.78 Å². The molecule has 0 saturated heterocycles. The van der Waals surface area contributed by atoms with Crippen LogP contribution in [0.15, 0.2) is 58.2 Å². The highest BCUT2D eigenvalue weighted by molar-refractivity contribution is 7.98. The van der Waals surface area contributed by atoms with E-state index in [0.717, 1.165) is 23.1 Å². The number of amides is 1. The van der Waals surface area contributed by atoms with Crippen LogP contribution < -0.4 is 5.32 Å². The van der Waals surface area contributed by atoms with Crippen molar-refractivity contribution in [3.8, 4) is 0 Å². The first kappa shape index (κ1) is 20.9. The molecule has 0 atom stereocenters. The van der Waals surface area contributed by atoms with Crippen molar-refractivity contribution in [3.63, 3.8) is 0 Å². The van der Waals surface area contributed by atoms with Crippen molar-refractivity contribution < 1.29 is 18.7 Å². The number of nitrogens with one attached hydrogen (secondary N) is 1. The number of carbonyl (C=O) groups is 2. The Balaban J connectivity index is 1.56. The van der Waals surface area contributed by atoms with Crippen LogP contribution in [0.25, 0.3) is 11.1 Å². The minimum Gasteiger partial charge on any atom is -0.452 e. The Morgan fingerprint density at radius 1 is 1.14 bits per heavy atom. The number of hydrogen-bond acceptors (Lipinski definition) is 6. The Morgan fingerprint density at radius 3 is 2.69 bits per heavy atom. The van der Waals surface area contributed by atoms with E-state index >= 15 is 0 Å². The second-order valence-electron chi connectivity index (χ2n) is 7.00. The monoisotopic (exact) mass is 412 g/mol. The maximum Gasteiger partial charge on any atom is 0.338 e. The summed E-state index contributed by atoms with van der Waals surface area (Å²) in [6.07, 6.45) is 0.884. The highest BCUT2D eigenvalue weighted by atomic mass is 32.2. The van der Waals surface area contributed by atoms with E-state index in [4.69, 9.17) is 9.15 Å². The molecule has 2 aromatic carbocycles. The third-order valence-electron chi connectivity index (χ3n) is 4.24. The van der Waals surface area contributed by atoms with Gasteiger partial charge in [0.15, 0.2) is 12.2 Å². The van der Waals surface area contributed by atoms with Gasteiger partial charge in [-0.2, -0.15) is 0 Å². The minimum atomic E-state index is -0.516. The Morgan fingerprint density at radius 2 is 1.90 bits per heavy atom. The number of oxazole rings is 1. The third-order valence-corrected chi connectivity index (χ3v) is 5.12. The number of ether oxygens (including phenoxy) is 1. The van der Waals surface area contributed by atoms with Gasteiger partial charge in [0, 0.05) is 12.3 Å². The van der Waals surface area contributed by atoms with Gasteiger partial charge in [-0.3, -0.25) is 4.79 Å². The number of benzene rings is 2. The van der Waals surface area contributed by atoms with Gasteiger partial charge in [0.05, 0.1) is 5.56 Å². The van der Waals surface area contributed by atoms with Crippen LogP contribution in [0.4, 0.5) is 0 Å². The first-order valence-corrected chi connectivity index (χ1v) is 10.5. The number of hydrogen-bond donors (Lipinski definition) is 1. The Bertz CT molecular complexity index is 951. The van der Waals surface area contributed by atoms with E-state index in [1.807, 2.05) is 36.4 Å². The lowest BCUT2D eigenvalue weighted by Gasteiger charge is -2.10. The van der Waals surface area contributed by atoms with Crippen LogP contribution in [0.3, 0.4) is 0 Å². The van der Waals surface area contributed by atoms with Crippen LogP contribution in [-0.4, -0.2) is 30.0 Å². The molecule has 152 valence electrons. The van der Waals surface area contributed by atoms with Gasteiger partial charge in [-0.05, 0) is 36.1 Å². The van der Waals surface area contributed by atoms with E-state index in [1.165, 1.54) is 11.8 Å². The molecule has 1 amide bonds. The maximum atomic E-state index is 12.5. The molecule has 1 heterocycles. The lowest BCUT2D eigenvalue weighted by atomic mass is 10.1. The van der Waals surface area contributed by atoms with E-state index in [0.29, 0.717) is 29.0 Å². The Labute approximate surface area is 174 Å². The van der Waals surface area contributed by atoms with Crippen LogP contribution in [0.5, 0.6) is 0 Å². The molecule has 0 radical (unpaired) electrons. The first-order valence-electron chi connectivity index (χ1n) is 9.53. The van der Waals surface area contributed by atoms with Crippen molar-refractivity contribution >= 4 is 34.7 Å². The molecule has 0 aliphatic rings. The predicted octanol–water partition coefficient (Wildman–Crippen LogP) is 4.44. The number of esters is 1. The molecular formula is C22H24N2O4S. The molecule has 0 bridgehead atoms. The number of nitrogens with zero attached hydrogens (tertiary/aromatic N) is 1. The summed E-state index contributed by atoms with van der Waals surface area (Å²) in [5.74, 6) is 0.192. The summed E-state index contributed by atoms with van der Waals surface area (Å²) in [5.41, 5.74) is 2.76. The van der Waals surface area contributed by atoms with Crippen molar-refractivity contribution in [2.75, 3.05) is 13.2 Å². The molecule has 0 unspecified atom stereocenters. The second-order valence-corrected chi connectivity index (χ2v) is 7.93. The fourth-order valence-corrected chi connectivity index (χ4v) is 3.50. The van der Waals surface area contributed by atoms with Crippen molar-refractivity contribution in [2.45, 2.75) is 31.2 Å². The van der Waals surface area contributed by atoms with E-state index in [2.05, 4.69) is 24.1 Å².